The first-order chi connectivity index (χ1) is 11.9. The molecule has 24 heavy (non-hydrogen) atoms. The lowest BCUT2D eigenvalue weighted by Gasteiger charge is -2.11. The Bertz CT molecular complexity index is 903. The highest BCUT2D eigenvalue weighted by molar-refractivity contribution is 7.98. The SMILES string of the molecule is c1ccc(CCSCc2c3ccccc3cc3ccccc23)cc1. The minimum Gasteiger partial charge on any atom is -0.157 e. The van der Waals surface area contributed by atoms with Gasteiger partial charge in [0.2, 0.25) is 0 Å². The molecule has 118 valence electrons. The molecule has 0 fully saturated rings. The molecule has 0 amide bonds. The standard InChI is InChI=1S/C23H20S/c1-2-8-18(9-3-1)14-15-24-17-23-21-12-6-4-10-19(21)16-20-11-5-7-13-22(20)23/h1-13,16H,14-15,17H2. The van der Waals surface area contributed by atoms with Gasteiger partial charge in [0.1, 0.15) is 0 Å². The van der Waals surface area contributed by atoms with Gasteiger partial charge in [0.25, 0.3) is 0 Å². The second kappa shape index (κ2) is 7.11. The van der Waals surface area contributed by atoms with E-state index < -0.39 is 0 Å². The maximum atomic E-state index is 2.31. The maximum Gasteiger partial charge on any atom is 0.0197 e. The van der Waals surface area contributed by atoms with Gasteiger partial charge in [-0.2, -0.15) is 11.8 Å². The molecule has 0 saturated heterocycles. The summed E-state index contributed by atoms with van der Waals surface area (Å²) in [6.45, 7) is 0. The second-order valence-corrected chi connectivity index (χ2v) is 7.19. The summed E-state index contributed by atoms with van der Waals surface area (Å²) in [4.78, 5) is 0. The summed E-state index contributed by atoms with van der Waals surface area (Å²) in [5.41, 5.74) is 2.90. The minimum absolute atomic E-state index is 1.06. The highest BCUT2D eigenvalue weighted by Gasteiger charge is 2.07. The van der Waals surface area contributed by atoms with E-state index in [1.54, 1.807) is 0 Å². The van der Waals surface area contributed by atoms with Crippen molar-refractivity contribution in [3.05, 3.63) is 96.1 Å². The first kappa shape index (κ1) is 15.3. The molecule has 0 spiro atoms. The zero-order chi connectivity index (χ0) is 16.2. The zero-order valence-corrected chi connectivity index (χ0v) is 14.4. The normalized spacial score (nSPS) is 11.2. The number of hydrogen-bond acceptors (Lipinski definition) is 1. The molecule has 4 aromatic carbocycles. The van der Waals surface area contributed by atoms with E-state index in [9.17, 15) is 0 Å². The highest BCUT2D eigenvalue weighted by Crippen LogP contribution is 2.31. The van der Waals surface area contributed by atoms with Crippen LogP contribution in [0.2, 0.25) is 0 Å². The predicted octanol–water partition coefficient (Wildman–Crippen LogP) is 6.47. The number of benzene rings is 4. The summed E-state index contributed by atoms with van der Waals surface area (Å²) in [5.74, 6) is 2.22. The second-order valence-electron chi connectivity index (χ2n) is 6.09. The van der Waals surface area contributed by atoms with Gasteiger partial charge >= 0.3 is 0 Å². The van der Waals surface area contributed by atoms with Crippen LogP contribution in [0.3, 0.4) is 0 Å². The molecule has 0 nitrogen and oxygen atoms in total. The number of aryl methyl sites for hydroxylation is 1. The molecule has 0 bridgehead atoms. The van der Waals surface area contributed by atoms with Crippen LogP contribution in [0.15, 0.2) is 84.9 Å². The van der Waals surface area contributed by atoms with E-state index in [0.29, 0.717) is 0 Å². The van der Waals surface area contributed by atoms with E-state index >= 15 is 0 Å². The first-order valence-electron chi connectivity index (χ1n) is 8.43. The number of fused-ring (bicyclic) bond motifs is 2. The number of hydrogen-bond donors (Lipinski definition) is 0. The third-order valence-electron chi connectivity index (χ3n) is 4.51. The summed E-state index contributed by atoms with van der Waals surface area (Å²) in [6, 6.07) is 30.6. The van der Waals surface area contributed by atoms with Crippen LogP contribution in [-0.4, -0.2) is 5.75 Å². The molecule has 4 rings (SSSR count). The highest BCUT2D eigenvalue weighted by atomic mass is 32.2. The molecule has 0 aliphatic carbocycles. The van der Waals surface area contributed by atoms with E-state index in [1.807, 2.05) is 11.8 Å². The van der Waals surface area contributed by atoms with Crippen LogP contribution in [0.1, 0.15) is 11.1 Å². The molecule has 0 aromatic heterocycles. The summed E-state index contributed by atoms with van der Waals surface area (Å²) in [7, 11) is 0. The number of rotatable bonds is 5. The Balaban J connectivity index is 1.59. The van der Waals surface area contributed by atoms with E-state index in [1.165, 1.54) is 32.7 Å². The topological polar surface area (TPSA) is 0 Å². The molecule has 0 unspecified atom stereocenters. The lowest BCUT2D eigenvalue weighted by atomic mass is 9.98. The molecule has 0 aliphatic rings. The van der Waals surface area contributed by atoms with Crippen LogP contribution in [0.25, 0.3) is 21.5 Å². The Hall–Kier alpha value is -2.25. The van der Waals surface area contributed by atoms with Gasteiger partial charge in [-0.15, -0.1) is 0 Å². The van der Waals surface area contributed by atoms with Gasteiger partial charge in [0.05, 0.1) is 0 Å². The van der Waals surface area contributed by atoms with Gasteiger partial charge in [-0.3, -0.25) is 0 Å². The zero-order valence-electron chi connectivity index (χ0n) is 13.6. The van der Waals surface area contributed by atoms with Crippen LogP contribution in [0.5, 0.6) is 0 Å². The van der Waals surface area contributed by atoms with Crippen molar-refractivity contribution in [2.75, 3.05) is 5.75 Å². The van der Waals surface area contributed by atoms with Crippen molar-refractivity contribution in [1.29, 1.82) is 0 Å². The van der Waals surface area contributed by atoms with Crippen LogP contribution in [0, 0.1) is 0 Å². The average Bonchev–Trinajstić information content (AvgIpc) is 2.65. The third kappa shape index (κ3) is 3.18. The predicted molar refractivity (Wildman–Crippen MR) is 108 cm³/mol. The van der Waals surface area contributed by atoms with Crippen LogP contribution >= 0.6 is 11.8 Å². The van der Waals surface area contributed by atoms with Crippen molar-refractivity contribution in [1.82, 2.24) is 0 Å². The van der Waals surface area contributed by atoms with E-state index in [4.69, 9.17) is 0 Å². The van der Waals surface area contributed by atoms with Crippen molar-refractivity contribution < 1.29 is 0 Å². The van der Waals surface area contributed by atoms with E-state index in [2.05, 4.69) is 84.9 Å². The molecule has 0 heterocycles. The van der Waals surface area contributed by atoms with Crippen molar-refractivity contribution in [2.45, 2.75) is 12.2 Å². The van der Waals surface area contributed by atoms with Gasteiger partial charge in [0, 0.05) is 5.75 Å². The van der Waals surface area contributed by atoms with E-state index in [-0.39, 0.29) is 0 Å². The molecule has 0 saturated carbocycles. The van der Waals surface area contributed by atoms with Gasteiger partial charge in [-0.1, -0.05) is 78.9 Å². The molecule has 1 heteroatoms. The third-order valence-corrected chi connectivity index (χ3v) is 5.49. The smallest absolute Gasteiger partial charge is 0.0197 e. The van der Waals surface area contributed by atoms with Gasteiger partial charge < -0.3 is 0 Å². The molecule has 0 N–H and O–H groups in total. The molecule has 0 atom stereocenters. The van der Waals surface area contributed by atoms with Crippen molar-refractivity contribution in [3.63, 3.8) is 0 Å². The Labute approximate surface area is 147 Å². The summed E-state index contributed by atoms with van der Waals surface area (Å²) >= 11 is 2.03. The van der Waals surface area contributed by atoms with Crippen LogP contribution in [-0.2, 0) is 12.2 Å². The first-order valence-corrected chi connectivity index (χ1v) is 9.58. The lowest BCUT2D eigenvalue weighted by molar-refractivity contribution is 1.15. The Morgan fingerprint density at radius 3 is 1.88 bits per heavy atom. The number of thioether (sulfide) groups is 1. The Morgan fingerprint density at radius 1 is 0.625 bits per heavy atom. The molecule has 0 aliphatic heterocycles. The fourth-order valence-corrected chi connectivity index (χ4v) is 4.31. The summed E-state index contributed by atoms with van der Waals surface area (Å²) in [6.07, 6.45) is 1.13. The fourth-order valence-electron chi connectivity index (χ4n) is 3.27. The molecular weight excluding hydrogens is 308 g/mol. The van der Waals surface area contributed by atoms with Crippen LogP contribution in [0.4, 0.5) is 0 Å². The monoisotopic (exact) mass is 328 g/mol. The maximum absolute atomic E-state index is 2.31. The minimum atomic E-state index is 1.06. The average molecular weight is 328 g/mol. The van der Waals surface area contributed by atoms with Crippen molar-refractivity contribution in [3.8, 4) is 0 Å². The van der Waals surface area contributed by atoms with Crippen molar-refractivity contribution in [2.24, 2.45) is 0 Å². The summed E-state index contributed by atoms with van der Waals surface area (Å²) < 4.78 is 0. The van der Waals surface area contributed by atoms with Crippen molar-refractivity contribution >= 4 is 33.3 Å². The Morgan fingerprint density at radius 2 is 1.21 bits per heavy atom. The van der Waals surface area contributed by atoms with Gasteiger partial charge in [-0.05, 0) is 50.9 Å². The van der Waals surface area contributed by atoms with E-state index in [0.717, 1.165) is 17.9 Å². The van der Waals surface area contributed by atoms with Crippen LogP contribution < -0.4 is 0 Å². The quantitative estimate of drug-likeness (QED) is 0.299. The molecule has 0 radical (unpaired) electrons. The largest absolute Gasteiger partial charge is 0.157 e. The Kier molecular flexibility index (Phi) is 4.53. The fraction of sp³-hybridized carbons (Fsp3) is 0.130. The molecule has 4 aromatic rings. The van der Waals surface area contributed by atoms with Gasteiger partial charge in [-0.25, -0.2) is 0 Å². The van der Waals surface area contributed by atoms with Gasteiger partial charge in [0.15, 0.2) is 0 Å². The lowest BCUT2D eigenvalue weighted by Crippen LogP contribution is -1.92. The summed E-state index contributed by atoms with van der Waals surface area (Å²) in [5, 5.41) is 5.47. The molecular formula is C23H20S.